The van der Waals surface area contributed by atoms with Gasteiger partial charge in [0.1, 0.15) is 0 Å². The standard InChI is InChI=1S/C19H38NO2P/c1-7-19(5,6)23(21,22-15-18(2,3)4)20-13-12-16-10-8-9-11-17(16)14-20/h16-17H,7-15H2,1-6H3. The Balaban J connectivity index is 2.18. The molecule has 0 aromatic carbocycles. The Kier molecular flexibility index (Phi) is 6.08. The topological polar surface area (TPSA) is 29.5 Å². The zero-order chi connectivity index (χ0) is 17.3. The maximum Gasteiger partial charge on any atom is 0.277 e. The summed E-state index contributed by atoms with van der Waals surface area (Å²) in [4.78, 5) is 0. The summed E-state index contributed by atoms with van der Waals surface area (Å²) in [5.74, 6) is 1.59. The molecule has 136 valence electrons. The first-order valence-corrected chi connectivity index (χ1v) is 11.2. The van der Waals surface area contributed by atoms with E-state index in [9.17, 15) is 4.57 Å². The van der Waals surface area contributed by atoms with Crippen molar-refractivity contribution in [3.63, 3.8) is 0 Å². The molecule has 3 unspecified atom stereocenters. The summed E-state index contributed by atoms with van der Waals surface area (Å²) in [6.45, 7) is 15.4. The number of fused-ring (bicyclic) bond motifs is 1. The van der Waals surface area contributed by atoms with Gasteiger partial charge < -0.3 is 4.52 Å². The van der Waals surface area contributed by atoms with Crippen LogP contribution in [0.25, 0.3) is 0 Å². The molecule has 0 radical (unpaired) electrons. The van der Waals surface area contributed by atoms with Gasteiger partial charge in [-0.25, -0.2) is 4.67 Å². The predicted molar refractivity (Wildman–Crippen MR) is 99.0 cm³/mol. The van der Waals surface area contributed by atoms with Gasteiger partial charge in [0, 0.05) is 13.1 Å². The Morgan fingerprint density at radius 3 is 2.22 bits per heavy atom. The van der Waals surface area contributed by atoms with Crippen molar-refractivity contribution in [1.82, 2.24) is 4.67 Å². The zero-order valence-corrected chi connectivity index (χ0v) is 17.1. The zero-order valence-electron chi connectivity index (χ0n) is 16.2. The second kappa shape index (κ2) is 7.18. The number of rotatable bonds is 5. The van der Waals surface area contributed by atoms with E-state index in [0.29, 0.717) is 6.61 Å². The van der Waals surface area contributed by atoms with Crippen molar-refractivity contribution in [1.29, 1.82) is 0 Å². The summed E-state index contributed by atoms with van der Waals surface area (Å²) in [5, 5.41) is -0.278. The number of nitrogens with zero attached hydrogens (tertiary/aromatic N) is 1. The monoisotopic (exact) mass is 343 g/mol. The molecule has 2 rings (SSSR count). The van der Waals surface area contributed by atoms with Crippen LogP contribution in [0, 0.1) is 17.3 Å². The highest BCUT2D eigenvalue weighted by Gasteiger charge is 2.48. The van der Waals surface area contributed by atoms with E-state index >= 15 is 0 Å². The van der Waals surface area contributed by atoms with Crippen LogP contribution in [0.3, 0.4) is 0 Å². The first-order chi connectivity index (χ1) is 10.6. The van der Waals surface area contributed by atoms with Crippen molar-refractivity contribution < 1.29 is 9.09 Å². The minimum atomic E-state index is -2.82. The van der Waals surface area contributed by atoms with Gasteiger partial charge in [-0.05, 0) is 50.4 Å². The average molecular weight is 343 g/mol. The van der Waals surface area contributed by atoms with E-state index in [1.807, 2.05) is 0 Å². The molecule has 1 aliphatic heterocycles. The molecule has 3 atom stereocenters. The van der Waals surface area contributed by atoms with Gasteiger partial charge in [-0.3, -0.25) is 4.57 Å². The molecule has 23 heavy (non-hydrogen) atoms. The van der Waals surface area contributed by atoms with Crippen molar-refractivity contribution in [2.75, 3.05) is 19.7 Å². The minimum Gasteiger partial charge on any atom is -0.316 e. The molecule has 1 saturated carbocycles. The summed E-state index contributed by atoms with van der Waals surface area (Å²) in [5.41, 5.74) is 0.0443. The molecule has 0 bridgehead atoms. The lowest BCUT2D eigenvalue weighted by atomic mass is 9.76. The second-order valence-corrected chi connectivity index (χ2v) is 12.6. The van der Waals surface area contributed by atoms with Crippen LogP contribution >= 0.6 is 7.52 Å². The third kappa shape index (κ3) is 4.41. The van der Waals surface area contributed by atoms with E-state index in [2.05, 4.69) is 46.2 Å². The fourth-order valence-corrected chi connectivity index (χ4v) is 6.98. The van der Waals surface area contributed by atoms with Gasteiger partial charge in [-0.15, -0.1) is 0 Å². The average Bonchev–Trinajstić information content (AvgIpc) is 2.51. The lowest BCUT2D eigenvalue weighted by molar-refractivity contribution is 0.106. The van der Waals surface area contributed by atoms with E-state index in [0.717, 1.165) is 31.3 Å². The Bertz CT molecular complexity index is 441. The minimum absolute atomic E-state index is 0.0443. The van der Waals surface area contributed by atoms with Crippen molar-refractivity contribution in [2.45, 2.75) is 85.2 Å². The SMILES string of the molecule is CCC(C)(C)P(=O)(OCC(C)(C)C)N1CCC2CCCCC2C1. The van der Waals surface area contributed by atoms with E-state index in [4.69, 9.17) is 4.52 Å². The summed E-state index contributed by atoms with van der Waals surface area (Å²) in [6.07, 6.45) is 7.52. The molecule has 0 spiro atoms. The normalized spacial score (nSPS) is 29.8. The molecule has 0 amide bonds. The molecular formula is C19H38NO2P. The summed E-state index contributed by atoms with van der Waals surface area (Å²) in [7, 11) is -2.82. The van der Waals surface area contributed by atoms with Crippen LogP contribution < -0.4 is 0 Å². The summed E-state index contributed by atoms with van der Waals surface area (Å²) >= 11 is 0. The van der Waals surface area contributed by atoms with Crippen LogP contribution in [0.2, 0.25) is 0 Å². The molecule has 1 heterocycles. The van der Waals surface area contributed by atoms with E-state index < -0.39 is 7.52 Å². The molecule has 4 heteroatoms. The van der Waals surface area contributed by atoms with Gasteiger partial charge in [-0.2, -0.15) is 0 Å². The number of hydrogen-bond acceptors (Lipinski definition) is 2. The van der Waals surface area contributed by atoms with Crippen LogP contribution in [0.4, 0.5) is 0 Å². The highest BCUT2D eigenvalue weighted by atomic mass is 31.2. The summed E-state index contributed by atoms with van der Waals surface area (Å²) in [6, 6.07) is 0. The Morgan fingerprint density at radius 2 is 1.65 bits per heavy atom. The van der Waals surface area contributed by atoms with Crippen LogP contribution in [-0.4, -0.2) is 29.5 Å². The van der Waals surface area contributed by atoms with Crippen molar-refractivity contribution in [3.8, 4) is 0 Å². The third-order valence-corrected chi connectivity index (χ3v) is 9.38. The Hall–Kier alpha value is 0.150. The molecule has 1 aliphatic carbocycles. The quantitative estimate of drug-likeness (QED) is 0.578. The van der Waals surface area contributed by atoms with Crippen molar-refractivity contribution >= 4 is 7.52 Å². The Labute approximate surface area is 144 Å². The van der Waals surface area contributed by atoms with Crippen LogP contribution in [0.5, 0.6) is 0 Å². The smallest absolute Gasteiger partial charge is 0.277 e. The molecular weight excluding hydrogens is 305 g/mol. The molecule has 2 aliphatic rings. The fourth-order valence-electron chi connectivity index (χ4n) is 3.94. The lowest BCUT2D eigenvalue weighted by Crippen LogP contribution is -2.44. The van der Waals surface area contributed by atoms with Gasteiger partial charge in [0.05, 0.1) is 11.8 Å². The molecule has 0 aromatic heterocycles. The molecule has 1 saturated heterocycles. The third-order valence-electron chi connectivity index (χ3n) is 5.94. The molecule has 0 N–H and O–H groups in total. The van der Waals surface area contributed by atoms with Gasteiger partial charge in [0.25, 0.3) is 7.52 Å². The maximum atomic E-state index is 14.0. The van der Waals surface area contributed by atoms with Crippen molar-refractivity contribution in [3.05, 3.63) is 0 Å². The van der Waals surface area contributed by atoms with Gasteiger partial charge in [0.2, 0.25) is 0 Å². The largest absolute Gasteiger partial charge is 0.316 e. The molecule has 2 fully saturated rings. The van der Waals surface area contributed by atoms with Gasteiger partial charge >= 0.3 is 0 Å². The highest BCUT2D eigenvalue weighted by Crippen LogP contribution is 2.64. The van der Waals surface area contributed by atoms with E-state index in [1.165, 1.54) is 32.1 Å². The molecule has 3 nitrogen and oxygen atoms in total. The Morgan fingerprint density at radius 1 is 1.04 bits per heavy atom. The van der Waals surface area contributed by atoms with E-state index in [-0.39, 0.29) is 10.6 Å². The van der Waals surface area contributed by atoms with Crippen LogP contribution in [0.15, 0.2) is 0 Å². The molecule has 0 aromatic rings. The predicted octanol–water partition coefficient (Wildman–Crippen LogP) is 5.94. The van der Waals surface area contributed by atoms with Gasteiger partial charge in [-0.1, -0.05) is 47.0 Å². The van der Waals surface area contributed by atoms with Crippen LogP contribution in [0.1, 0.15) is 80.1 Å². The van der Waals surface area contributed by atoms with E-state index in [1.54, 1.807) is 0 Å². The first-order valence-electron chi connectivity index (χ1n) is 9.59. The first kappa shape index (κ1) is 19.5. The lowest BCUT2D eigenvalue weighted by Gasteiger charge is -2.48. The summed E-state index contributed by atoms with van der Waals surface area (Å²) < 4.78 is 22.6. The van der Waals surface area contributed by atoms with Crippen molar-refractivity contribution in [2.24, 2.45) is 17.3 Å². The maximum absolute atomic E-state index is 14.0. The number of piperidine rings is 1. The number of hydrogen-bond donors (Lipinski definition) is 0. The van der Waals surface area contributed by atoms with Gasteiger partial charge in [0.15, 0.2) is 0 Å². The fraction of sp³-hybridized carbons (Fsp3) is 1.00. The van der Waals surface area contributed by atoms with Crippen LogP contribution in [-0.2, 0) is 9.09 Å². The highest BCUT2D eigenvalue weighted by molar-refractivity contribution is 7.58. The second-order valence-electron chi connectivity index (χ2n) is 9.53.